The van der Waals surface area contributed by atoms with Crippen LogP contribution >= 0.6 is 0 Å². The Balaban J connectivity index is 4.05. The van der Waals surface area contributed by atoms with Gasteiger partial charge in [-0.15, -0.1) is 0 Å². The van der Waals surface area contributed by atoms with Crippen LogP contribution < -0.4 is 5.32 Å². The van der Waals surface area contributed by atoms with E-state index in [-0.39, 0.29) is 11.9 Å². The first kappa shape index (κ1) is 12.9. The van der Waals surface area contributed by atoms with Crippen LogP contribution in [0.15, 0.2) is 0 Å². The van der Waals surface area contributed by atoms with Crippen molar-refractivity contribution in [3.8, 4) is 0 Å². The first-order chi connectivity index (χ1) is 6.51. The van der Waals surface area contributed by atoms with Crippen LogP contribution in [0.3, 0.4) is 0 Å². The summed E-state index contributed by atoms with van der Waals surface area (Å²) in [4.78, 5) is 22.5. The first-order valence-corrected chi connectivity index (χ1v) is 4.88. The molecular formula is C10H19NO3. The van der Waals surface area contributed by atoms with Gasteiger partial charge in [0.15, 0.2) is 0 Å². The zero-order valence-electron chi connectivity index (χ0n) is 9.29. The maximum Gasteiger partial charge on any atom is 0.328 e. The van der Waals surface area contributed by atoms with Gasteiger partial charge in [0, 0.05) is 6.42 Å². The predicted octanol–water partition coefficient (Wildman–Crippen LogP) is 1.10. The van der Waals surface area contributed by atoms with E-state index in [1.54, 1.807) is 0 Å². The van der Waals surface area contributed by atoms with Crippen LogP contribution in [0.5, 0.6) is 0 Å². The van der Waals surface area contributed by atoms with Crippen molar-refractivity contribution >= 4 is 11.9 Å². The van der Waals surface area contributed by atoms with Crippen LogP contribution in [-0.2, 0) is 14.3 Å². The van der Waals surface area contributed by atoms with Gasteiger partial charge in [-0.1, -0.05) is 20.8 Å². The number of carbonyl (C=O) groups is 2. The summed E-state index contributed by atoms with van der Waals surface area (Å²) in [5.74, 6) is -0.188. The smallest absolute Gasteiger partial charge is 0.328 e. The van der Waals surface area contributed by atoms with E-state index in [1.807, 2.05) is 20.8 Å². The number of methoxy groups -OCH3 is 1. The third-order valence-corrected chi connectivity index (χ3v) is 1.82. The van der Waals surface area contributed by atoms with Crippen molar-refractivity contribution in [3.63, 3.8) is 0 Å². The summed E-state index contributed by atoms with van der Waals surface area (Å²) in [6.07, 6.45) is 0.990. The number of ether oxygens (including phenoxy) is 1. The lowest BCUT2D eigenvalue weighted by Gasteiger charge is -2.15. The molecule has 0 rings (SSSR count). The van der Waals surface area contributed by atoms with E-state index in [9.17, 15) is 9.59 Å². The molecule has 0 unspecified atom stereocenters. The summed E-state index contributed by atoms with van der Waals surface area (Å²) < 4.78 is 4.56. The molecule has 0 aromatic heterocycles. The third kappa shape index (κ3) is 4.84. The summed E-state index contributed by atoms with van der Waals surface area (Å²) >= 11 is 0. The highest BCUT2D eigenvalue weighted by molar-refractivity contribution is 5.84. The fourth-order valence-corrected chi connectivity index (χ4v) is 1.09. The maximum absolute atomic E-state index is 11.3. The Kier molecular flexibility index (Phi) is 5.92. The van der Waals surface area contributed by atoms with Crippen LogP contribution in [0, 0.1) is 5.92 Å². The Morgan fingerprint density at radius 1 is 1.36 bits per heavy atom. The van der Waals surface area contributed by atoms with Crippen molar-refractivity contribution in [1.82, 2.24) is 5.32 Å². The lowest BCUT2D eigenvalue weighted by atomic mass is 10.1. The number of rotatable bonds is 5. The van der Waals surface area contributed by atoms with Crippen LogP contribution in [0.2, 0.25) is 0 Å². The molecule has 4 nitrogen and oxygen atoms in total. The highest BCUT2D eigenvalue weighted by atomic mass is 16.5. The van der Waals surface area contributed by atoms with E-state index in [4.69, 9.17) is 0 Å². The van der Waals surface area contributed by atoms with Crippen molar-refractivity contribution in [1.29, 1.82) is 0 Å². The minimum atomic E-state index is -0.508. The van der Waals surface area contributed by atoms with Crippen LogP contribution in [0.4, 0.5) is 0 Å². The molecule has 1 atom stereocenters. The molecule has 0 spiro atoms. The number of amides is 1. The fourth-order valence-electron chi connectivity index (χ4n) is 1.09. The average molecular weight is 201 g/mol. The maximum atomic E-state index is 11.3. The van der Waals surface area contributed by atoms with Crippen LogP contribution in [0.25, 0.3) is 0 Å². The zero-order chi connectivity index (χ0) is 11.1. The van der Waals surface area contributed by atoms with Crippen molar-refractivity contribution in [2.24, 2.45) is 5.92 Å². The van der Waals surface area contributed by atoms with E-state index >= 15 is 0 Å². The monoisotopic (exact) mass is 201 g/mol. The Labute approximate surface area is 85.0 Å². The molecule has 0 saturated heterocycles. The molecule has 0 bridgehead atoms. The zero-order valence-corrected chi connectivity index (χ0v) is 9.29. The molecule has 1 amide bonds. The summed E-state index contributed by atoms with van der Waals surface area (Å²) in [7, 11) is 1.32. The molecular weight excluding hydrogens is 182 g/mol. The van der Waals surface area contributed by atoms with E-state index < -0.39 is 6.04 Å². The van der Waals surface area contributed by atoms with Crippen molar-refractivity contribution in [2.45, 2.75) is 39.7 Å². The van der Waals surface area contributed by atoms with Gasteiger partial charge in [-0.2, -0.15) is 0 Å². The Morgan fingerprint density at radius 2 is 1.93 bits per heavy atom. The summed E-state index contributed by atoms with van der Waals surface area (Å²) in [6, 6.07) is -0.508. The second kappa shape index (κ2) is 6.40. The Bertz CT molecular complexity index is 202. The first-order valence-electron chi connectivity index (χ1n) is 4.88. The van der Waals surface area contributed by atoms with Crippen molar-refractivity contribution < 1.29 is 14.3 Å². The lowest BCUT2D eigenvalue weighted by Crippen LogP contribution is -2.41. The standard InChI is InChI=1S/C10H19NO3/c1-5-8(10(13)14-4)11-9(12)6-7(2)3/h7-8H,5-6H2,1-4H3,(H,11,12)/t8-/m1/s1. The van der Waals surface area contributed by atoms with E-state index in [0.29, 0.717) is 18.8 Å². The fraction of sp³-hybridized carbons (Fsp3) is 0.800. The second-order valence-corrected chi connectivity index (χ2v) is 3.65. The van der Waals surface area contributed by atoms with Crippen LogP contribution in [0.1, 0.15) is 33.6 Å². The molecule has 0 aromatic rings. The highest BCUT2D eigenvalue weighted by Crippen LogP contribution is 2.01. The van der Waals surface area contributed by atoms with Gasteiger partial charge in [0.1, 0.15) is 6.04 Å². The van der Waals surface area contributed by atoms with Gasteiger partial charge in [0.25, 0.3) is 0 Å². The van der Waals surface area contributed by atoms with E-state index in [0.717, 1.165) is 0 Å². The van der Waals surface area contributed by atoms with Gasteiger partial charge >= 0.3 is 5.97 Å². The van der Waals surface area contributed by atoms with Crippen molar-refractivity contribution in [3.05, 3.63) is 0 Å². The lowest BCUT2D eigenvalue weighted by molar-refractivity contribution is -0.145. The van der Waals surface area contributed by atoms with Gasteiger partial charge in [-0.05, 0) is 12.3 Å². The number of esters is 1. The molecule has 14 heavy (non-hydrogen) atoms. The second-order valence-electron chi connectivity index (χ2n) is 3.65. The topological polar surface area (TPSA) is 55.4 Å². The molecule has 1 N–H and O–H groups in total. The van der Waals surface area contributed by atoms with Gasteiger partial charge in [-0.3, -0.25) is 4.79 Å². The number of nitrogens with one attached hydrogen (secondary N) is 1. The molecule has 4 heteroatoms. The minimum Gasteiger partial charge on any atom is -0.467 e. The van der Waals surface area contributed by atoms with Gasteiger partial charge in [0.2, 0.25) is 5.91 Å². The summed E-state index contributed by atoms with van der Waals surface area (Å²) in [5.41, 5.74) is 0. The molecule has 82 valence electrons. The third-order valence-electron chi connectivity index (χ3n) is 1.82. The minimum absolute atomic E-state index is 0.0998. The number of carbonyl (C=O) groups excluding carboxylic acids is 2. The Hall–Kier alpha value is -1.06. The largest absolute Gasteiger partial charge is 0.467 e. The molecule has 0 heterocycles. The van der Waals surface area contributed by atoms with Gasteiger partial charge < -0.3 is 10.1 Å². The van der Waals surface area contributed by atoms with E-state index in [2.05, 4.69) is 10.1 Å². The average Bonchev–Trinajstić information content (AvgIpc) is 2.11. The number of hydrogen-bond donors (Lipinski definition) is 1. The molecule has 0 radical (unpaired) electrons. The number of hydrogen-bond acceptors (Lipinski definition) is 3. The molecule has 0 saturated carbocycles. The van der Waals surface area contributed by atoms with Gasteiger partial charge in [0.05, 0.1) is 7.11 Å². The molecule has 0 aliphatic heterocycles. The van der Waals surface area contributed by atoms with Gasteiger partial charge in [-0.25, -0.2) is 4.79 Å². The SMILES string of the molecule is CC[C@@H](NC(=O)CC(C)C)C(=O)OC. The van der Waals surface area contributed by atoms with Crippen molar-refractivity contribution in [2.75, 3.05) is 7.11 Å². The Morgan fingerprint density at radius 3 is 2.29 bits per heavy atom. The van der Waals surface area contributed by atoms with E-state index in [1.165, 1.54) is 7.11 Å². The normalized spacial score (nSPS) is 12.4. The van der Waals surface area contributed by atoms with Crippen LogP contribution in [-0.4, -0.2) is 25.0 Å². The molecule has 0 aromatic carbocycles. The summed E-state index contributed by atoms with van der Waals surface area (Å²) in [6.45, 7) is 5.74. The summed E-state index contributed by atoms with van der Waals surface area (Å²) in [5, 5.41) is 2.64. The molecule has 0 fully saturated rings. The quantitative estimate of drug-likeness (QED) is 0.678. The predicted molar refractivity (Wildman–Crippen MR) is 53.7 cm³/mol. The molecule has 0 aliphatic carbocycles. The highest BCUT2D eigenvalue weighted by Gasteiger charge is 2.19. The molecule has 0 aliphatic rings.